The van der Waals surface area contributed by atoms with Gasteiger partial charge in [-0.2, -0.15) is 0 Å². The summed E-state index contributed by atoms with van der Waals surface area (Å²) in [4.78, 5) is 12.4. The Bertz CT molecular complexity index is 1240. The highest BCUT2D eigenvalue weighted by Crippen LogP contribution is 2.35. The summed E-state index contributed by atoms with van der Waals surface area (Å²) in [5.41, 5.74) is 5.11. The molecule has 1 fully saturated rings. The summed E-state index contributed by atoms with van der Waals surface area (Å²) in [6.07, 6.45) is 1.61. The van der Waals surface area contributed by atoms with Crippen LogP contribution in [0.3, 0.4) is 0 Å². The van der Waals surface area contributed by atoms with E-state index in [9.17, 15) is 13.2 Å². The molecule has 184 valence electrons. The summed E-state index contributed by atoms with van der Waals surface area (Å²) in [5, 5.41) is 9.16. The number of amides is 1. The van der Waals surface area contributed by atoms with Crippen LogP contribution in [0.4, 0.5) is 0 Å². The maximum Gasteiger partial charge on any atom is 0.265 e. The van der Waals surface area contributed by atoms with Gasteiger partial charge in [0, 0.05) is 13.2 Å². The summed E-state index contributed by atoms with van der Waals surface area (Å²) >= 11 is 0. The number of carbonyl (C=O) groups is 1. The fourth-order valence-electron chi connectivity index (χ4n) is 4.36. The number of benzene rings is 3. The monoisotopic (exact) mass is 495 g/mol. The number of hydrogen-bond donors (Lipinski definition) is 2. The van der Waals surface area contributed by atoms with Gasteiger partial charge >= 0.3 is 0 Å². The lowest BCUT2D eigenvalue weighted by Gasteiger charge is -2.34. The molecule has 0 radical (unpaired) electrons. The zero-order valence-corrected chi connectivity index (χ0v) is 20.2. The number of hydroxylamine groups is 1. The van der Waals surface area contributed by atoms with Crippen molar-refractivity contribution in [3.8, 4) is 16.9 Å². The third-order valence-electron chi connectivity index (χ3n) is 6.38. The van der Waals surface area contributed by atoms with Gasteiger partial charge in [0.05, 0.1) is 11.5 Å². The highest BCUT2D eigenvalue weighted by Gasteiger charge is 2.52. The minimum Gasteiger partial charge on any atom is -0.494 e. The van der Waals surface area contributed by atoms with Crippen molar-refractivity contribution in [2.24, 2.45) is 0 Å². The topological polar surface area (TPSA) is 102 Å². The molecule has 1 saturated heterocycles. The van der Waals surface area contributed by atoms with E-state index in [4.69, 9.17) is 14.7 Å². The zero-order chi connectivity index (χ0) is 24.7. The van der Waals surface area contributed by atoms with Crippen LogP contribution in [0.15, 0.2) is 83.8 Å². The Morgan fingerprint density at radius 2 is 1.63 bits per heavy atom. The van der Waals surface area contributed by atoms with Crippen LogP contribution in [0.25, 0.3) is 11.1 Å². The molecule has 0 spiro atoms. The van der Waals surface area contributed by atoms with Gasteiger partial charge in [0.25, 0.3) is 5.91 Å². The summed E-state index contributed by atoms with van der Waals surface area (Å²) in [7, 11) is -4.05. The number of ether oxygens (including phenoxy) is 2. The Kier molecular flexibility index (Phi) is 7.85. The summed E-state index contributed by atoms with van der Waals surface area (Å²) in [6, 6.07) is 24.7. The smallest absolute Gasteiger partial charge is 0.265 e. The molecule has 1 amide bonds. The molecule has 0 aromatic heterocycles. The van der Waals surface area contributed by atoms with E-state index < -0.39 is 20.5 Å². The number of aryl methyl sites for hydroxylation is 1. The molecule has 2 N–H and O–H groups in total. The lowest BCUT2D eigenvalue weighted by atomic mass is 9.98. The fraction of sp³-hybridized carbons (Fsp3) is 0.296. The highest BCUT2D eigenvalue weighted by molar-refractivity contribution is 7.93. The Labute approximate surface area is 205 Å². The quantitative estimate of drug-likeness (QED) is 0.262. The van der Waals surface area contributed by atoms with Gasteiger partial charge in [-0.1, -0.05) is 54.6 Å². The molecule has 3 aromatic carbocycles. The zero-order valence-electron chi connectivity index (χ0n) is 19.4. The number of nitrogens with one attached hydrogen (secondary N) is 1. The van der Waals surface area contributed by atoms with Crippen molar-refractivity contribution in [3.63, 3.8) is 0 Å². The Hall–Kier alpha value is -3.20. The van der Waals surface area contributed by atoms with Crippen LogP contribution in [0.1, 0.15) is 24.8 Å². The molecule has 0 unspecified atom stereocenters. The molecular weight excluding hydrogens is 466 g/mol. The van der Waals surface area contributed by atoms with Gasteiger partial charge in [-0.3, -0.25) is 10.0 Å². The van der Waals surface area contributed by atoms with E-state index in [2.05, 4.69) is 36.4 Å². The SMILES string of the molecule is O=C(NO)C1(S(=O)(=O)c2ccc(OCCCc3cccc(-c4ccccc4)c3)cc2)CCOCC1. The molecule has 1 aliphatic heterocycles. The highest BCUT2D eigenvalue weighted by atomic mass is 32.2. The van der Waals surface area contributed by atoms with Crippen molar-refractivity contribution in [3.05, 3.63) is 84.4 Å². The van der Waals surface area contributed by atoms with Crippen LogP contribution in [-0.2, 0) is 25.8 Å². The van der Waals surface area contributed by atoms with Crippen LogP contribution in [0, 0.1) is 0 Å². The Morgan fingerprint density at radius 3 is 2.31 bits per heavy atom. The van der Waals surface area contributed by atoms with Gasteiger partial charge in [0.15, 0.2) is 14.6 Å². The number of carbonyl (C=O) groups excluding carboxylic acids is 1. The average Bonchev–Trinajstić information content (AvgIpc) is 2.92. The normalized spacial score (nSPS) is 15.3. The second-order valence-electron chi connectivity index (χ2n) is 8.54. The first-order valence-corrected chi connectivity index (χ1v) is 13.1. The van der Waals surface area contributed by atoms with Gasteiger partial charge in [-0.05, 0) is 66.6 Å². The molecule has 0 aliphatic carbocycles. The third kappa shape index (κ3) is 5.40. The first-order chi connectivity index (χ1) is 17.0. The van der Waals surface area contributed by atoms with Crippen molar-refractivity contribution in [1.82, 2.24) is 5.48 Å². The summed E-state index contributed by atoms with van der Waals surface area (Å²) < 4.78 is 35.9. The van der Waals surface area contributed by atoms with Gasteiger partial charge < -0.3 is 9.47 Å². The van der Waals surface area contributed by atoms with E-state index in [0.29, 0.717) is 12.4 Å². The van der Waals surface area contributed by atoms with E-state index in [1.165, 1.54) is 34.3 Å². The second kappa shape index (κ2) is 11.0. The predicted molar refractivity (Wildman–Crippen MR) is 132 cm³/mol. The number of rotatable bonds is 9. The van der Waals surface area contributed by atoms with Crippen LogP contribution in [0.2, 0.25) is 0 Å². The van der Waals surface area contributed by atoms with Gasteiger partial charge in [-0.25, -0.2) is 13.9 Å². The van der Waals surface area contributed by atoms with Crippen LogP contribution in [-0.4, -0.2) is 44.1 Å². The van der Waals surface area contributed by atoms with E-state index >= 15 is 0 Å². The van der Waals surface area contributed by atoms with E-state index in [1.54, 1.807) is 12.1 Å². The molecule has 3 aromatic rings. The second-order valence-corrected chi connectivity index (χ2v) is 10.8. The molecule has 1 aliphatic rings. The molecule has 7 nitrogen and oxygen atoms in total. The minimum absolute atomic E-state index is 0.00748. The largest absolute Gasteiger partial charge is 0.494 e. The van der Waals surface area contributed by atoms with Crippen LogP contribution in [0.5, 0.6) is 5.75 Å². The first-order valence-electron chi connectivity index (χ1n) is 11.6. The maximum atomic E-state index is 13.3. The van der Waals surface area contributed by atoms with Crippen molar-refractivity contribution in [1.29, 1.82) is 0 Å². The molecule has 0 saturated carbocycles. The Balaban J connectivity index is 1.36. The molecule has 0 bridgehead atoms. The molecule has 0 atom stereocenters. The lowest BCUT2D eigenvalue weighted by Crippen LogP contribution is -2.54. The van der Waals surface area contributed by atoms with Gasteiger partial charge in [0.1, 0.15) is 5.75 Å². The van der Waals surface area contributed by atoms with Crippen molar-refractivity contribution in [2.45, 2.75) is 35.3 Å². The van der Waals surface area contributed by atoms with Crippen LogP contribution >= 0.6 is 0 Å². The standard InChI is InChI=1S/C27H29NO6S/c29-26(28-30)27(15-18-33-19-16-27)35(31,32)25-13-11-24(12-14-25)34-17-5-7-21-6-4-10-23(20-21)22-8-2-1-3-9-22/h1-4,6,8-14,20,30H,5,7,15-19H2,(H,28,29). The predicted octanol–water partition coefficient (Wildman–Crippen LogP) is 4.19. The summed E-state index contributed by atoms with van der Waals surface area (Å²) in [5.74, 6) is -0.382. The molecule has 1 heterocycles. The van der Waals surface area contributed by atoms with Crippen LogP contribution < -0.4 is 10.2 Å². The van der Waals surface area contributed by atoms with E-state index in [-0.39, 0.29) is 31.0 Å². The molecule has 35 heavy (non-hydrogen) atoms. The molecule has 4 rings (SSSR count). The minimum atomic E-state index is -4.05. The first kappa shape index (κ1) is 24.9. The van der Waals surface area contributed by atoms with Gasteiger partial charge in [-0.15, -0.1) is 0 Å². The summed E-state index contributed by atoms with van der Waals surface area (Å²) in [6.45, 7) is 0.736. The lowest BCUT2D eigenvalue weighted by molar-refractivity contribution is -0.134. The fourth-order valence-corrected chi connectivity index (χ4v) is 6.30. The molecule has 8 heteroatoms. The van der Waals surface area contributed by atoms with Crippen molar-refractivity contribution < 1.29 is 27.9 Å². The maximum absolute atomic E-state index is 13.3. The number of sulfone groups is 1. The van der Waals surface area contributed by atoms with Crippen molar-refractivity contribution in [2.75, 3.05) is 19.8 Å². The van der Waals surface area contributed by atoms with Crippen molar-refractivity contribution >= 4 is 15.7 Å². The van der Waals surface area contributed by atoms with Gasteiger partial charge in [0.2, 0.25) is 0 Å². The molecular formula is C27H29NO6S. The average molecular weight is 496 g/mol. The Morgan fingerprint density at radius 1 is 0.943 bits per heavy atom. The van der Waals surface area contributed by atoms with E-state index in [0.717, 1.165) is 12.8 Å². The van der Waals surface area contributed by atoms with E-state index in [1.807, 2.05) is 18.2 Å². The third-order valence-corrected chi connectivity index (χ3v) is 8.89. The number of hydrogen-bond acceptors (Lipinski definition) is 6.